The lowest BCUT2D eigenvalue weighted by Gasteiger charge is -2.05. The van der Waals surface area contributed by atoms with E-state index in [1.54, 1.807) is 12.4 Å². The van der Waals surface area contributed by atoms with Crippen molar-refractivity contribution in [3.8, 4) is 0 Å². The number of nitrogens with zero attached hydrogens (tertiary/aromatic N) is 3. The second kappa shape index (κ2) is 4.91. The van der Waals surface area contributed by atoms with Crippen LogP contribution in [0.2, 0.25) is 0 Å². The molecule has 0 atom stereocenters. The van der Waals surface area contributed by atoms with Crippen molar-refractivity contribution in [2.24, 2.45) is 0 Å². The molecule has 0 N–H and O–H groups in total. The van der Waals surface area contributed by atoms with E-state index < -0.39 is 12.0 Å². The Kier molecular flexibility index (Phi) is 3.46. The van der Waals surface area contributed by atoms with Gasteiger partial charge in [0.1, 0.15) is 5.82 Å². The Labute approximate surface area is 107 Å². The van der Waals surface area contributed by atoms with E-state index in [9.17, 15) is 18.0 Å². The first-order valence-electron chi connectivity index (χ1n) is 5.69. The van der Waals surface area contributed by atoms with E-state index in [0.29, 0.717) is 6.54 Å². The Bertz CT molecular complexity index is 583. The number of hydrogen-bond acceptors (Lipinski definition) is 2. The third-order valence-electron chi connectivity index (χ3n) is 2.74. The smallest absolute Gasteiger partial charge is 0.346 e. The van der Waals surface area contributed by atoms with E-state index in [1.807, 2.05) is 11.5 Å². The van der Waals surface area contributed by atoms with Crippen molar-refractivity contribution in [3.05, 3.63) is 42.2 Å². The quantitative estimate of drug-likeness (QED) is 0.801. The molecule has 7 heteroatoms. The number of ketones is 1. The van der Waals surface area contributed by atoms with Gasteiger partial charge in [0.25, 0.3) is 5.78 Å². The fourth-order valence-corrected chi connectivity index (χ4v) is 1.78. The molecule has 2 rings (SSSR count). The predicted octanol–water partition coefficient (Wildman–Crippen LogP) is 2.50. The highest BCUT2D eigenvalue weighted by Crippen LogP contribution is 2.21. The molecule has 0 aliphatic rings. The fourth-order valence-electron chi connectivity index (χ4n) is 1.78. The zero-order valence-corrected chi connectivity index (χ0v) is 10.2. The van der Waals surface area contributed by atoms with Gasteiger partial charge in [-0.3, -0.25) is 4.79 Å². The number of carbonyl (C=O) groups is 1. The van der Waals surface area contributed by atoms with Gasteiger partial charge < -0.3 is 9.13 Å². The Balaban J connectivity index is 2.16. The van der Waals surface area contributed by atoms with E-state index in [-0.39, 0.29) is 5.56 Å². The Morgan fingerprint density at radius 2 is 2.11 bits per heavy atom. The Hall–Kier alpha value is -2.05. The van der Waals surface area contributed by atoms with Crippen LogP contribution in [-0.2, 0) is 13.1 Å². The highest BCUT2D eigenvalue weighted by Gasteiger charge is 2.39. The molecule has 0 spiro atoms. The fraction of sp³-hybridized carbons (Fsp3) is 0.333. The number of carbonyl (C=O) groups excluding carboxylic acids is 1. The largest absolute Gasteiger partial charge is 0.454 e. The third kappa shape index (κ3) is 2.86. The maximum atomic E-state index is 12.3. The second-order valence-electron chi connectivity index (χ2n) is 4.03. The molecule has 0 amide bonds. The van der Waals surface area contributed by atoms with Crippen molar-refractivity contribution >= 4 is 5.78 Å². The standard InChI is InChI=1S/C12H12F3N3O/c1-2-18-6-4-16-10(18)8-17-5-3-9(7-17)11(19)12(13,14)15/h3-7H,2,8H2,1H3. The van der Waals surface area contributed by atoms with Crippen LogP contribution in [0.1, 0.15) is 23.1 Å². The Morgan fingerprint density at radius 1 is 1.37 bits per heavy atom. The summed E-state index contributed by atoms with van der Waals surface area (Å²) in [6.45, 7) is 3.00. The average Bonchev–Trinajstić information content (AvgIpc) is 2.96. The minimum atomic E-state index is -4.84. The van der Waals surface area contributed by atoms with Gasteiger partial charge >= 0.3 is 6.18 Å². The molecule has 0 saturated carbocycles. The molecule has 2 aromatic heterocycles. The van der Waals surface area contributed by atoms with Gasteiger partial charge in [0.05, 0.1) is 6.54 Å². The molecule has 19 heavy (non-hydrogen) atoms. The summed E-state index contributed by atoms with van der Waals surface area (Å²) in [4.78, 5) is 15.2. The van der Waals surface area contributed by atoms with Crippen molar-refractivity contribution < 1.29 is 18.0 Å². The Morgan fingerprint density at radius 3 is 2.74 bits per heavy atom. The minimum absolute atomic E-state index is 0.325. The zero-order valence-electron chi connectivity index (χ0n) is 10.2. The molecule has 0 aliphatic carbocycles. The van der Waals surface area contributed by atoms with Crippen LogP contribution in [0, 0.1) is 0 Å². The van der Waals surface area contributed by atoms with Gasteiger partial charge in [0.2, 0.25) is 0 Å². The van der Waals surface area contributed by atoms with Crippen LogP contribution in [-0.4, -0.2) is 26.1 Å². The summed E-state index contributed by atoms with van der Waals surface area (Å²) >= 11 is 0. The van der Waals surface area contributed by atoms with Gasteiger partial charge in [-0.2, -0.15) is 13.2 Å². The van der Waals surface area contributed by atoms with Crippen LogP contribution in [0.25, 0.3) is 0 Å². The van der Waals surface area contributed by atoms with Crippen LogP contribution in [0.3, 0.4) is 0 Å². The zero-order chi connectivity index (χ0) is 14.0. The summed E-state index contributed by atoms with van der Waals surface area (Å²) in [5.74, 6) is -1.10. The van der Waals surface area contributed by atoms with Crippen molar-refractivity contribution in [2.75, 3.05) is 0 Å². The lowest BCUT2D eigenvalue weighted by Crippen LogP contribution is -2.22. The average molecular weight is 271 g/mol. The van der Waals surface area contributed by atoms with Crippen molar-refractivity contribution in [3.63, 3.8) is 0 Å². The minimum Gasteiger partial charge on any atom is -0.346 e. The third-order valence-corrected chi connectivity index (χ3v) is 2.74. The molecule has 0 unspecified atom stereocenters. The second-order valence-corrected chi connectivity index (χ2v) is 4.03. The van der Waals surface area contributed by atoms with Crippen LogP contribution in [0.15, 0.2) is 30.9 Å². The van der Waals surface area contributed by atoms with E-state index in [0.717, 1.165) is 18.4 Å². The lowest BCUT2D eigenvalue weighted by atomic mass is 10.2. The van der Waals surface area contributed by atoms with Gasteiger partial charge in [0, 0.05) is 36.9 Å². The van der Waals surface area contributed by atoms with Crippen molar-refractivity contribution in [2.45, 2.75) is 26.2 Å². The number of Topliss-reactive ketones (excluding diaryl/α,β-unsaturated/α-hetero) is 1. The number of alkyl halides is 3. The van der Waals surface area contributed by atoms with Crippen molar-refractivity contribution in [1.29, 1.82) is 0 Å². The molecular weight excluding hydrogens is 259 g/mol. The van der Waals surface area contributed by atoms with Crippen LogP contribution in [0.5, 0.6) is 0 Å². The highest BCUT2D eigenvalue weighted by atomic mass is 19.4. The van der Waals surface area contributed by atoms with Gasteiger partial charge in [-0.15, -0.1) is 0 Å². The molecular formula is C12H12F3N3O. The lowest BCUT2D eigenvalue weighted by molar-refractivity contribution is -0.0885. The normalized spacial score (nSPS) is 11.8. The summed E-state index contributed by atoms with van der Waals surface area (Å²) in [7, 11) is 0. The molecule has 0 aromatic carbocycles. The van der Waals surface area contributed by atoms with E-state index in [2.05, 4.69) is 4.98 Å². The highest BCUT2D eigenvalue weighted by molar-refractivity contribution is 6.00. The molecule has 2 heterocycles. The molecule has 2 aromatic rings. The molecule has 0 aliphatic heterocycles. The van der Waals surface area contributed by atoms with Gasteiger partial charge in [0.15, 0.2) is 0 Å². The number of rotatable bonds is 4. The van der Waals surface area contributed by atoms with Gasteiger partial charge in [-0.1, -0.05) is 0 Å². The van der Waals surface area contributed by atoms with Crippen LogP contribution < -0.4 is 0 Å². The first-order chi connectivity index (χ1) is 8.91. The molecule has 102 valence electrons. The molecule has 0 saturated heterocycles. The number of aromatic nitrogens is 3. The molecule has 0 fully saturated rings. The van der Waals surface area contributed by atoms with E-state index in [4.69, 9.17) is 0 Å². The van der Waals surface area contributed by atoms with Gasteiger partial charge in [-0.05, 0) is 13.0 Å². The van der Waals surface area contributed by atoms with Gasteiger partial charge in [-0.25, -0.2) is 4.98 Å². The number of hydrogen-bond donors (Lipinski definition) is 0. The van der Waals surface area contributed by atoms with Crippen LogP contribution in [0.4, 0.5) is 13.2 Å². The summed E-state index contributed by atoms with van der Waals surface area (Å²) in [6.07, 6.45) is 1.21. The SMILES string of the molecule is CCn1ccnc1Cn1ccc(C(=O)C(F)(F)F)c1. The molecule has 0 radical (unpaired) electrons. The summed E-state index contributed by atoms with van der Waals surface area (Å²) in [5, 5.41) is 0. The molecule has 0 bridgehead atoms. The number of halogens is 3. The predicted molar refractivity (Wildman–Crippen MR) is 61.8 cm³/mol. The maximum Gasteiger partial charge on any atom is 0.454 e. The van der Waals surface area contributed by atoms with E-state index >= 15 is 0 Å². The summed E-state index contributed by atoms with van der Waals surface area (Å²) < 4.78 is 40.2. The summed E-state index contributed by atoms with van der Waals surface area (Å²) in [6, 6.07) is 1.16. The number of aryl methyl sites for hydroxylation is 1. The monoisotopic (exact) mass is 271 g/mol. The van der Waals surface area contributed by atoms with Crippen molar-refractivity contribution in [1.82, 2.24) is 14.1 Å². The first kappa shape index (κ1) is 13.4. The van der Waals surface area contributed by atoms with E-state index in [1.165, 1.54) is 17.0 Å². The molecule has 4 nitrogen and oxygen atoms in total. The van der Waals surface area contributed by atoms with Crippen LogP contribution >= 0.6 is 0 Å². The number of imidazole rings is 1. The topological polar surface area (TPSA) is 39.8 Å². The first-order valence-corrected chi connectivity index (χ1v) is 5.69. The maximum absolute atomic E-state index is 12.3. The summed E-state index contributed by atoms with van der Waals surface area (Å²) in [5.41, 5.74) is -0.359.